The minimum atomic E-state index is -1.43. The average molecular weight is 1300 g/mol. The lowest BCUT2D eigenvalue weighted by molar-refractivity contribution is 0.0681. The van der Waals surface area contributed by atoms with Crippen molar-refractivity contribution in [2.45, 2.75) is 123 Å². The van der Waals surface area contributed by atoms with Crippen LogP contribution in [0.15, 0.2) is 81.5 Å². The van der Waals surface area contributed by atoms with Crippen molar-refractivity contribution in [2.24, 2.45) is 16.2 Å². The van der Waals surface area contributed by atoms with Crippen LogP contribution in [0.2, 0.25) is 0 Å². The molecule has 0 bridgehead atoms. The second kappa shape index (κ2) is 27.4. The Hall–Kier alpha value is -8.51. The second-order valence-electron chi connectivity index (χ2n) is 26.7. The van der Waals surface area contributed by atoms with Crippen LogP contribution in [0.25, 0.3) is 33.8 Å². The summed E-state index contributed by atoms with van der Waals surface area (Å²) in [6.07, 6.45) is 9.92. The zero-order valence-corrected chi connectivity index (χ0v) is 55.3. The monoisotopic (exact) mass is 1300 g/mol. The molecule has 3 fully saturated rings. The molecule has 4 aliphatic heterocycles. The number of aromatic carboxylic acids is 3. The molecule has 94 heavy (non-hydrogen) atoms. The SMILES string of the molecule is COCCCOc1cc2c(cc1OC)-c1c(F)c(=O)c(C(=O)O)cn1[C@H]1[C@@H]2CCC1(C)C.COCCCOc1cc2c(cc1OC)-c1cc(=O)c(C(=O)O)cn1[C@H]1[C@@H]2CCC1(C)C.COCCCOc1cc2c(cc1OC)-c1cc(=O)c(C(=O)O)cn1[C@H]1[C@@H]2OCC1(C)C. The van der Waals surface area contributed by atoms with Crippen LogP contribution in [0.4, 0.5) is 4.39 Å². The molecule has 12 rings (SSSR count). The number of halogens is 1. The van der Waals surface area contributed by atoms with E-state index in [2.05, 4.69) is 41.5 Å². The molecule has 3 aromatic carbocycles. The molecule has 7 heterocycles. The predicted molar refractivity (Wildman–Crippen MR) is 346 cm³/mol. The minimum absolute atomic E-state index is 0.0308. The van der Waals surface area contributed by atoms with E-state index < -0.39 is 45.6 Å². The number of aromatic nitrogens is 3. The van der Waals surface area contributed by atoms with Gasteiger partial charge in [-0.05, 0) is 89.6 Å². The Labute approximate surface area is 544 Å². The molecular formula is C71H84FN3O19. The maximum Gasteiger partial charge on any atom is 0.341 e. The van der Waals surface area contributed by atoms with Crippen LogP contribution in [0, 0.1) is 22.1 Å². The van der Waals surface area contributed by atoms with Gasteiger partial charge in [-0.3, -0.25) is 14.4 Å². The van der Waals surface area contributed by atoms with Gasteiger partial charge in [0.15, 0.2) is 51.2 Å². The van der Waals surface area contributed by atoms with Crippen molar-refractivity contribution in [2.75, 3.05) is 88.9 Å². The fourth-order valence-electron chi connectivity index (χ4n) is 15.0. The molecule has 3 N–H and O–H groups in total. The lowest BCUT2D eigenvalue weighted by Gasteiger charge is -2.40. The summed E-state index contributed by atoms with van der Waals surface area (Å²) < 4.78 is 77.0. The second-order valence-corrected chi connectivity index (χ2v) is 26.7. The summed E-state index contributed by atoms with van der Waals surface area (Å²) >= 11 is 0. The van der Waals surface area contributed by atoms with Gasteiger partial charge in [-0.2, -0.15) is 0 Å². The Kier molecular flexibility index (Phi) is 20.0. The first-order valence-electron chi connectivity index (χ1n) is 31.6. The number of rotatable bonds is 21. The van der Waals surface area contributed by atoms with Gasteiger partial charge in [-0.1, -0.05) is 41.5 Å². The van der Waals surface area contributed by atoms with Crippen LogP contribution in [0.1, 0.15) is 170 Å². The number of fused-ring (bicyclic) bond motifs is 18. The molecule has 6 aromatic rings. The van der Waals surface area contributed by atoms with Gasteiger partial charge in [0, 0.05) is 137 Å². The summed E-state index contributed by atoms with van der Waals surface area (Å²) in [6, 6.07) is 13.8. The molecule has 23 heteroatoms. The molecule has 0 radical (unpaired) electrons. The van der Waals surface area contributed by atoms with Crippen LogP contribution >= 0.6 is 0 Å². The molecule has 0 unspecified atom stereocenters. The van der Waals surface area contributed by atoms with E-state index in [1.807, 2.05) is 39.5 Å². The van der Waals surface area contributed by atoms with E-state index in [-0.39, 0.29) is 69.1 Å². The highest BCUT2D eigenvalue weighted by molar-refractivity contribution is 5.89. The molecule has 504 valence electrons. The molecule has 2 aliphatic carbocycles. The highest BCUT2D eigenvalue weighted by atomic mass is 19.1. The molecule has 1 saturated heterocycles. The zero-order valence-electron chi connectivity index (χ0n) is 55.3. The number of carboxylic acids is 3. The highest BCUT2D eigenvalue weighted by Gasteiger charge is 2.52. The van der Waals surface area contributed by atoms with E-state index in [4.69, 9.17) is 47.4 Å². The number of benzene rings is 3. The van der Waals surface area contributed by atoms with Crippen molar-refractivity contribution in [1.82, 2.24) is 13.7 Å². The number of nitrogens with zero attached hydrogens (tertiary/aromatic N) is 3. The van der Waals surface area contributed by atoms with Gasteiger partial charge in [0.05, 0.1) is 70.9 Å². The molecule has 3 aromatic heterocycles. The van der Waals surface area contributed by atoms with E-state index in [1.54, 1.807) is 46.2 Å². The van der Waals surface area contributed by atoms with Crippen molar-refractivity contribution in [1.29, 1.82) is 0 Å². The maximum atomic E-state index is 15.4. The lowest BCUT2D eigenvalue weighted by atomic mass is 9.77. The topological polar surface area (TPSA) is 270 Å². The normalized spacial score (nSPS) is 20.4. The first-order chi connectivity index (χ1) is 44.8. The summed E-state index contributed by atoms with van der Waals surface area (Å²) in [7, 11) is 9.60. The Bertz CT molecular complexity index is 3920. The molecule has 0 spiro atoms. The van der Waals surface area contributed by atoms with Crippen LogP contribution in [0.3, 0.4) is 0 Å². The van der Waals surface area contributed by atoms with Crippen LogP contribution < -0.4 is 44.7 Å². The number of methoxy groups -OCH3 is 6. The number of carbonyl (C=O) groups is 3. The van der Waals surface area contributed by atoms with Crippen molar-refractivity contribution in [3.05, 3.63) is 137 Å². The molecule has 22 nitrogen and oxygen atoms in total. The molecule has 0 amide bonds. The first kappa shape index (κ1) is 68.4. The average Bonchev–Trinajstić information content (AvgIpc) is 1.40. The number of ether oxygens (including phenoxy) is 10. The van der Waals surface area contributed by atoms with Gasteiger partial charge in [0.1, 0.15) is 22.8 Å². The van der Waals surface area contributed by atoms with E-state index in [0.29, 0.717) is 98.4 Å². The summed E-state index contributed by atoms with van der Waals surface area (Å²) in [4.78, 5) is 72.5. The van der Waals surface area contributed by atoms with Gasteiger partial charge >= 0.3 is 17.9 Å². The van der Waals surface area contributed by atoms with Crippen LogP contribution in [0.5, 0.6) is 34.5 Å². The number of hydrogen-bond acceptors (Lipinski definition) is 16. The maximum absolute atomic E-state index is 15.4. The fourth-order valence-corrected chi connectivity index (χ4v) is 15.0. The third kappa shape index (κ3) is 12.7. The van der Waals surface area contributed by atoms with Gasteiger partial charge in [0.2, 0.25) is 5.43 Å². The molecule has 6 atom stereocenters. The minimum Gasteiger partial charge on any atom is -0.493 e. The van der Waals surface area contributed by atoms with Gasteiger partial charge in [-0.15, -0.1) is 0 Å². The van der Waals surface area contributed by atoms with Crippen molar-refractivity contribution in [3.8, 4) is 68.3 Å². The van der Waals surface area contributed by atoms with Gasteiger partial charge in [-0.25, -0.2) is 18.8 Å². The smallest absolute Gasteiger partial charge is 0.341 e. The molecular weight excluding hydrogens is 1220 g/mol. The summed E-state index contributed by atoms with van der Waals surface area (Å²) in [5.41, 5.74) is 2.97. The van der Waals surface area contributed by atoms with Crippen molar-refractivity contribution < 1.29 is 81.5 Å². The van der Waals surface area contributed by atoms with Crippen molar-refractivity contribution in [3.63, 3.8) is 0 Å². The molecule has 2 saturated carbocycles. The zero-order chi connectivity index (χ0) is 67.9. The van der Waals surface area contributed by atoms with Crippen molar-refractivity contribution >= 4 is 17.9 Å². The third-order valence-corrected chi connectivity index (χ3v) is 19.4. The Morgan fingerprint density at radius 3 is 1.30 bits per heavy atom. The fraction of sp³-hybridized carbons (Fsp3) is 0.493. The van der Waals surface area contributed by atoms with Crippen LogP contribution in [-0.2, 0) is 18.9 Å². The highest BCUT2D eigenvalue weighted by Crippen LogP contribution is 2.62. The number of pyridine rings is 3. The van der Waals surface area contributed by atoms with Crippen LogP contribution in [-0.4, -0.2) is 136 Å². The standard InChI is InChI=1S/C24H28FNO6.C24H29NO6.C23H27NO7/c1-24(2)7-6-13-14-10-18(32-9-5-8-30-3)17(31-4)11-15(14)20-19(25)21(27)16(23(28)29)12-26(20)22(13)24;1-24(2)7-6-14-15-10-21(31-9-5-8-29-3)20(30-4)11-16(15)18-12-19(26)17(23(27)28)13-25(18)22(14)24;1-23(2)12-31-20-14-9-19(30-7-5-6-28-3)18(29-4)8-13(14)16-10-17(25)15(22(26)27)11-24(16)21(20)23/h10-13,22H,5-9H2,1-4H3,(H,28,29);10-14,22H,5-9H2,1-4H3,(H,27,28);8-11,20-21H,5-7,12H2,1-4H3,(H,26,27)/t13-,22+;14-,22+;20-,21+/m111/s1. The first-order valence-corrected chi connectivity index (χ1v) is 31.6. The van der Waals surface area contributed by atoms with E-state index in [9.17, 15) is 44.1 Å². The van der Waals surface area contributed by atoms with E-state index >= 15 is 4.39 Å². The van der Waals surface area contributed by atoms with E-state index in [1.165, 1.54) is 37.8 Å². The number of hydrogen-bond donors (Lipinski definition) is 3. The van der Waals surface area contributed by atoms with Gasteiger partial charge in [0.25, 0.3) is 0 Å². The largest absolute Gasteiger partial charge is 0.493 e. The van der Waals surface area contributed by atoms with Gasteiger partial charge < -0.3 is 76.4 Å². The summed E-state index contributed by atoms with van der Waals surface area (Å²) in [5, 5.41) is 28.5. The quantitative estimate of drug-likeness (QED) is 0.0565. The van der Waals surface area contributed by atoms with E-state index in [0.717, 1.165) is 72.0 Å². The third-order valence-electron chi connectivity index (χ3n) is 19.4. The Morgan fingerprint density at radius 1 is 0.489 bits per heavy atom. The number of carboxylic acid groups (broad SMARTS) is 3. The predicted octanol–water partition coefficient (Wildman–Crippen LogP) is 11.6. The summed E-state index contributed by atoms with van der Waals surface area (Å²) in [6.45, 7) is 16.5. The summed E-state index contributed by atoms with van der Waals surface area (Å²) in [5.74, 6) is -1.29. The molecule has 6 aliphatic rings. The Balaban J connectivity index is 0.000000154. The Morgan fingerprint density at radius 2 is 0.872 bits per heavy atom. The lowest BCUT2D eigenvalue weighted by Crippen LogP contribution is -2.34.